The van der Waals surface area contributed by atoms with Crippen LogP contribution >= 0.6 is 23.4 Å². The van der Waals surface area contributed by atoms with E-state index in [1.54, 1.807) is 11.8 Å². The van der Waals surface area contributed by atoms with Crippen LogP contribution in [0.4, 0.5) is 0 Å². The third-order valence-corrected chi connectivity index (χ3v) is 4.90. The van der Waals surface area contributed by atoms with Gasteiger partial charge in [0.25, 0.3) is 0 Å². The summed E-state index contributed by atoms with van der Waals surface area (Å²) < 4.78 is 0. The molecule has 3 nitrogen and oxygen atoms in total. The van der Waals surface area contributed by atoms with Crippen LogP contribution in [0.15, 0.2) is 23.1 Å². The molecule has 0 saturated carbocycles. The highest BCUT2D eigenvalue weighted by atomic mass is 35.5. The average molecular weight is 314 g/mol. The molecule has 0 radical (unpaired) electrons. The lowest BCUT2D eigenvalue weighted by molar-refractivity contribution is -0.141. The monoisotopic (exact) mass is 313 g/mol. The Bertz CT molecular complexity index is 493. The number of benzene rings is 1. The molecule has 1 atom stereocenters. The topological polar surface area (TPSA) is 40.5 Å². The van der Waals surface area contributed by atoms with E-state index in [2.05, 4.69) is 24.8 Å². The van der Waals surface area contributed by atoms with Gasteiger partial charge in [-0.3, -0.25) is 9.69 Å². The minimum absolute atomic E-state index is 0.237. The first-order chi connectivity index (χ1) is 9.47. The van der Waals surface area contributed by atoms with Crippen molar-refractivity contribution in [2.24, 2.45) is 5.92 Å². The summed E-state index contributed by atoms with van der Waals surface area (Å²) in [6, 6.07) is 5.98. The second-order valence-electron chi connectivity index (χ2n) is 5.44. The standard InChI is InChI=1S/C15H20ClNO2S/c1-10(2)20-14-5-3-4-13(16)12(14)9-17-7-6-11(8-17)15(18)19/h3-5,10-11H,6-9H2,1-2H3,(H,18,19). The summed E-state index contributed by atoms with van der Waals surface area (Å²) in [5, 5.41) is 10.3. The maximum Gasteiger partial charge on any atom is 0.307 e. The average Bonchev–Trinajstić information content (AvgIpc) is 2.81. The van der Waals surface area contributed by atoms with Crippen LogP contribution in [0.3, 0.4) is 0 Å². The Morgan fingerprint density at radius 2 is 2.30 bits per heavy atom. The number of aliphatic carboxylic acids is 1. The van der Waals surface area contributed by atoms with Gasteiger partial charge in [-0.2, -0.15) is 0 Å². The summed E-state index contributed by atoms with van der Waals surface area (Å²) >= 11 is 8.14. The molecule has 110 valence electrons. The van der Waals surface area contributed by atoms with Gasteiger partial charge in [-0.05, 0) is 30.7 Å². The van der Waals surface area contributed by atoms with Crippen LogP contribution < -0.4 is 0 Å². The molecule has 1 unspecified atom stereocenters. The maximum absolute atomic E-state index is 11.0. The van der Waals surface area contributed by atoms with Crippen molar-refractivity contribution in [1.29, 1.82) is 0 Å². The van der Waals surface area contributed by atoms with E-state index in [4.69, 9.17) is 16.7 Å². The van der Waals surface area contributed by atoms with Crippen molar-refractivity contribution in [3.63, 3.8) is 0 Å². The van der Waals surface area contributed by atoms with Gasteiger partial charge in [-0.25, -0.2) is 0 Å². The van der Waals surface area contributed by atoms with E-state index < -0.39 is 5.97 Å². The SMILES string of the molecule is CC(C)Sc1cccc(Cl)c1CN1CCC(C(=O)O)C1. The predicted molar refractivity (Wildman–Crippen MR) is 83.5 cm³/mol. The molecule has 0 spiro atoms. The number of likely N-dealkylation sites (tertiary alicyclic amines) is 1. The summed E-state index contributed by atoms with van der Waals surface area (Å²) in [6.45, 7) is 6.50. The molecule has 20 heavy (non-hydrogen) atoms. The molecule has 1 fully saturated rings. The van der Waals surface area contributed by atoms with Crippen molar-refractivity contribution in [3.05, 3.63) is 28.8 Å². The number of hydrogen-bond donors (Lipinski definition) is 1. The highest BCUT2D eigenvalue weighted by molar-refractivity contribution is 8.00. The first-order valence-electron chi connectivity index (χ1n) is 6.86. The van der Waals surface area contributed by atoms with E-state index >= 15 is 0 Å². The summed E-state index contributed by atoms with van der Waals surface area (Å²) in [5.74, 6) is -0.929. The fourth-order valence-electron chi connectivity index (χ4n) is 2.46. The van der Waals surface area contributed by atoms with Crippen LogP contribution in [0.2, 0.25) is 5.02 Å². The number of halogens is 1. The zero-order valence-corrected chi connectivity index (χ0v) is 13.4. The quantitative estimate of drug-likeness (QED) is 0.841. The van der Waals surface area contributed by atoms with Gasteiger partial charge in [0, 0.05) is 28.3 Å². The molecule has 1 heterocycles. The third kappa shape index (κ3) is 3.90. The number of carbonyl (C=O) groups is 1. The van der Waals surface area contributed by atoms with Crippen molar-refractivity contribution in [1.82, 2.24) is 4.90 Å². The third-order valence-electron chi connectivity index (χ3n) is 3.44. The fourth-order valence-corrected chi connectivity index (χ4v) is 3.73. The highest BCUT2D eigenvalue weighted by Crippen LogP contribution is 2.33. The van der Waals surface area contributed by atoms with Crippen LogP contribution in [0, 0.1) is 5.92 Å². The van der Waals surface area contributed by atoms with Crippen molar-refractivity contribution < 1.29 is 9.90 Å². The molecule has 1 aliphatic rings. The van der Waals surface area contributed by atoms with Crippen LogP contribution in [0.5, 0.6) is 0 Å². The predicted octanol–water partition coefficient (Wildman–Crippen LogP) is 3.75. The molecule has 0 amide bonds. The van der Waals surface area contributed by atoms with Gasteiger partial charge in [-0.1, -0.05) is 31.5 Å². The molecule has 1 saturated heterocycles. The zero-order chi connectivity index (χ0) is 14.7. The van der Waals surface area contributed by atoms with Crippen molar-refractivity contribution in [3.8, 4) is 0 Å². The molecule has 1 N–H and O–H groups in total. The highest BCUT2D eigenvalue weighted by Gasteiger charge is 2.28. The lowest BCUT2D eigenvalue weighted by Gasteiger charge is -2.19. The minimum Gasteiger partial charge on any atom is -0.481 e. The Morgan fingerprint density at radius 3 is 2.90 bits per heavy atom. The van der Waals surface area contributed by atoms with Gasteiger partial charge in [0.15, 0.2) is 0 Å². The van der Waals surface area contributed by atoms with Gasteiger partial charge < -0.3 is 5.11 Å². The second-order valence-corrected chi connectivity index (χ2v) is 7.47. The van der Waals surface area contributed by atoms with Crippen molar-refractivity contribution in [2.75, 3.05) is 13.1 Å². The van der Waals surface area contributed by atoms with Gasteiger partial charge in [0.1, 0.15) is 0 Å². The smallest absolute Gasteiger partial charge is 0.307 e. The summed E-state index contributed by atoms with van der Waals surface area (Å²) in [5.41, 5.74) is 1.12. The Kier molecular flexibility index (Phi) is 5.35. The fraction of sp³-hybridized carbons (Fsp3) is 0.533. The first-order valence-corrected chi connectivity index (χ1v) is 8.12. The van der Waals surface area contributed by atoms with E-state index in [9.17, 15) is 4.79 Å². The molecule has 0 aliphatic carbocycles. The summed E-state index contributed by atoms with van der Waals surface area (Å²) in [4.78, 5) is 14.4. The van der Waals surface area contributed by atoms with E-state index in [0.29, 0.717) is 11.8 Å². The second kappa shape index (κ2) is 6.83. The Labute approximate surface area is 129 Å². The molecular formula is C15H20ClNO2S. The number of carboxylic acids is 1. The molecule has 0 bridgehead atoms. The van der Waals surface area contributed by atoms with E-state index in [0.717, 1.165) is 30.1 Å². The van der Waals surface area contributed by atoms with E-state index in [1.165, 1.54) is 4.90 Å². The van der Waals surface area contributed by atoms with Gasteiger partial charge in [0.2, 0.25) is 0 Å². The Balaban J connectivity index is 2.11. The lowest BCUT2D eigenvalue weighted by atomic mass is 10.1. The minimum atomic E-state index is -0.691. The number of hydrogen-bond acceptors (Lipinski definition) is 3. The van der Waals surface area contributed by atoms with E-state index in [1.807, 2.05) is 12.1 Å². The molecule has 5 heteroatoms. The molecule has 0 aromatic heterocycles. The Hall–Kier alpha value is -0.710. The van der Waals surface area contributed by atoms with Crippen LogP contribution in [-0.4, -0.2) is 34.3 Å². The molecule has 1 aromatic rings. The van der Waals surface area contributed by atoms with Crippen molar-refractivity contribution >= 4 is 29.3 Å². The number of nitrogens with zero attached hydrogens (tertiary/aromatic N) is 1. The molecular weight excluding hydrogens is 294 g/mol. The van der Waals surface area contributed by atoms with Gasteiger partial charge >= 0.3 is 5.97 Å². The number of rotatable bonds is 5. The van der Waals surface area contributed by atoms with Gasteiger partial charge in [0.05, 0.1) is 5.92 Å². The summed E-state index contributed by atoms with van der Waals surface area (Å²) in [6.07, 6.45) is 0.729. The summed E-state index contributed by atoms with van der Waals surface area (Å²) in [7, 11) is 0. The van der Waals surface area contributed by atoms with Crippen LogP contribution in [-0.2, 0) is 11.3 Å². The normalized spacial score (nSPS) is 19.7. The van der Waals surface area contributed by atoms with Crippen LogP contribution in [0.25, 0.3) is 0 Å². The first kappa shape index (κ1) is 15.7. The molecule has 2 rings (SSSR count). The molecule has 1 aromatic carbocycles. The van der Waals surface area contributed by atoms with Gasteiger partial charge in [-0.15, -0.1) is 11.8 Å². The van der Waals surface area contributed by atoms with Crippen LogP contribution in [0.1, 0.15) is 25.8 Å². The number of carboxylic acid groups (broad SMARTS) is 1. The van der Waals surface area contributed by atoms with Crippen molar-refractivity contribution in [2.45, 2.75) is 37.0 Å². The lowest BCUT2D eigenvalue weighted by Crippen LogP contribution is -2.23. The number of thioether (sulfide) groups is 1. The Morgan fingerprint density at radius 1 is 1.55 bits per heavy atom. The largest absolute Gasteiger partial charge is 0.481 e. The zero-order valence-electron chi connectivity index (χ0n) is 11.8. The molecule has 1 aliphatic heterocycles. The van der Waals surface area contributed by atoms with E-state index in [-0.39, 0.29) is 5.92 Å². The maximum atomic E-state index is 11.0.